The standard InChI is InChI=1S/C14H11BrClNO2/c15-10-5-3-6-11(16)14(10)17-12-7-2-1-4-9(12)8-13(18)19/h1-7,17H,8H2,(H,18,19)/p-1. The van der Waals surface area contributed by atoms with E-state index in [9.17, 15) is 9.90 Å². The van der Waals surface area contributed by atoms with Crippen molar-refractivity contribution in [2.75, 3.05) is 5.32 Å². The van der Waals surface area contributed by atoms with Crippen LogP contribution < -0.4 is 10.4 Å². The van der Waals surface area contributed by atoms with Crippen LogP contribution in [0, 0.1) is 0 Å². The Balaban J connectivity index is 2.36. The van der Waals surface area contributed by atoms with Gasteiger partial charge in [0.25, 0.3) is 0 Å². The molecule has 0 aliphatic heterocycles. The number of nitrogens with one attached hydrogen (secondary N) is 1. The number of benzene rings is 2. The first-order chi connectivity index (χ1) is 9.08. The second kappa shape index (κ2) is 6.08. The molecule has 0 aliphatic rings. The van der Waals surface area contributed by atoms with Crippen molar-refractivity contribution in [2.45, 2.75) is 6.42 Å². The van der Waals surface area contributed by atoms with Crippen LogP contribution in [0.15, 0.2) is 46.9 Å². The average Bonchev–Trinajstić information content (AvgIpc) is 2.35. The molecule has 0 aromatic heterocycles. The first-order valence-electron chi connectivity index (χ1n) is 5.56. The fraction of sp³-hybridized carbons (Fsp3) is 0.0714. The predicted octanol–water partition coefficient (Wildman–Crippen LogP) is 3.14. The molecule has 0 fully saturated rings. The van der Waals surface area contributed by atoms with Gasteiger partial charge in [-0.3, -0.25) is 0 Å². The van der Waals surface area contributed by atoms with E-state index < -0.39 is 5.97 Å². The van der Waals surface area contributed by atoms with Crippen molar-refractivity contribution in [1.29, 1.82) is 0 Å². The summed E-state index contributed by atoms with van der Waals surface area (Å²) in [6.07, 6.45) is -0.148. The number of carboxylic acids is 1. The summed E-state index contributed by atoms with van der Waals surface area (Å²) in [5.41, 5.74) is 2.05. The molecule has 2 aromatic rings. The predicted molar refractivity (Wildman–Crippen MR) is 77.6 cm³/mol. The van der Waals surface area contributed by atoms with E-state index in [4.69, 9.17) is 11.6 Å². The first-order valence-corrected chi connectivity index (χ1v) is 6.74. The molecule has 98 valence electrons. The van der Waals surface area contributed by atoms with Crippen molar-refractivity contribution >= 4 is 44.9 Å². The minimum atomic E-state index is -1.12. The van der Waals surface area contributed by atoms with Gasteiger partial charge in [-0.05, 0) is 39.7 Å². The van der Waals surface area contributed by atoms with Gasteiger partial charge in [0, 0.05) is 22.6 Å². The molecule has 0 saturated carbocycles. The van der Waals surface area contributed by atoms with Crippen molar-refractivity contribution in [3.05, 3.63) is 57.5 Å². The number of halogens is 2. The van der Waals surface area contributed by atoms with Gasteiger partial charge in [-0.15, -0.1) is 0 Å². The van der Waals surface area contributed by atoms with Crippen LogP contribution in [0.25, 0.3) is 0 Å². The summed E-state index contributed by atoms with van der Waals surface area (Å²) in [6, 6.07) is 12.6. The summed E-state index contributed by atoms with van der Waals surface area (Å²) >= 11 is 9.52. The van der Waals surface area contributed by atoms with E-state index in [0.717, 1.165) is 4.47 Å². The molecule has 5 heteroatoms. The molecule has 2 rings (SSSR count). The number of hydrogen-bond acceptors (Lipinski definition) is 3. The third-order valence-electron chi connectivity index (χ3n) is 2.57. The van der Waals surface area contributed by atoms with Crippen LogP contribution in [-0.2, 0) is 11.2 Å². The highest BCUT2D eigenvalue weighted by Crippen LogP contribution is 2.33. The van der Waals surface area contributed by atoms with E-state index in [2.05, 4.69) is 21.2 Å². The minimum Gasteiger partial charge on any atom is -0.550 e. The highest BCUT2D eigenvalue weighted by atomic mass is 79.9. The number of carboxylic acid groups (broad SMARTS) is 1. The number of carbonyl (C=O) groups excluding carboxylic acids is 1. The minimum absolute atomic E-state index is 0.148. The lowest BCUT2D eigenvalue weighted by Gasteiger charge is -2.14. The number of hydrogen-bond donors (Lipinski definition) is 1. The van der Waals surface area contributed by atoms with Crippen LogP contribution >= 0.6 is 27.5 Å². The Bertz CT molecular complexity index is 596. The SMILES string of the molecule is O=C([O-])Cc1ccccc1Nc1c(Cl)cccc1Br. The molecule has 19 heavy (non-hydrogen) atoms. The zero-order valence-electron chi connectivity index (χ0n) is 9.82. The topological polar surface area (TPSA) is 52.2 Å². The van der Waals surface area contributed by atoms with Gasteiger partial charge in [0.15, 0.2) is 0 Å². The normalized spacial score (nSPS) is 10.2. The average molecular weight is 340 g/mol. The second-order valence-electron chi connectivity index (χ2n) is 3.93. The number of para-hydroxylation sites is 2. The molecule has 0 atom stereocenters. The quantitative estimate of drug-likeness (QED) is 0.931. The molecule has 0 bridgehead atoms. The van der Waals surface area contributed by atoms with Crippen molar-refractivity contribution in [1.82, 2.24) is 0 Å². The molecule has 2 aromatic carbocycles. The molecule has 0 heterocycles. The Morgan fingerprint density at radius 1 is 1.21 bits per heavy atom. The third-order valence-corrected chi connectivity index (χ3v) is 3.55. The summed E-state index contributed by atoms with van der Waals surface area (Å²) in [4.78, 5) is 10.7. The number of anilines is 2. The maximum atomic E-state index is 10.7. The van der Waals surface area contributed by atoms with E-state index in [1.165, 1.54) is 0 Å². The fourth-order valence-electron chi connectivity index (χ4n) is 1.70. The smallest absolute Gasteiger partial charge is 0.0718 e. The molecule has 0 aliphatic carbocycles. The largest absolute Gasteiger partial charge is 0.550 e. The molecule has 0 spiro atoms. The molecule has 0 saturated heterocycles. The molecule has 0 unspecified atom stereocenters. The second-order valence-corrected chi connectivity index (χ2v) is 5.19. The van der Waals surface area contributed by atoms with Crippen molar-refractivity contribution in [3.63, 3.8) is 0 Å². The summed E-state index contributed by atoms with van der Waals surface area (Å²) in [7, 11) is 0. The summed E-state index contributed by atoms with van der Waals surface area (Å²) in [5.74, 6) is -1.12. The van der Waals surface area contributed by atoms with E-state index in [1.54, 1.807) is 24.3 Å². The number of rotatable bonds is 4. The van der Waals surface area contributed by atoms with Crippen molar-refractivity contribution in [2.24, 2.45) is 0 Å². The van der Waals surface area contributed by atoms with Gasteiger partial charge < -0.3 is 15.2 Å². The zero-order chi connectivity index (χ0) is 13.8. The van der Waals surface area contributed by atoms with Crippen molar-refractivity contribution < 1.29 is 9.90 Å². The number of carbonyl (C=O) groups is 1. The van der Waals surface area contributed by atoms with Crippen molar-refractivity contribution in [3.8, 4) is 0 Å². The molecule has 1 N–H and O–H groups in total. The number of aliphatic carboxylic acids is 1. The lowest BCUT2D eigenvalue weighted by atomic mass is 10.1. The Labute approximate surface area is 124 Å². The summed E-state index contributed by atoms with van der Waals surface area (Å²) < 4.78 is 0.809. The van der Waals surface area contributed by atoms with Crippen LogP contribution in [0.4, 0.5) is 11.4 Å². The van der Waals surface area contributed by atoms with Crippen LogP contribution in [0.3, 0.4) is 0 Å². The van der Waals surface area contributed by atoms with E-state index in [1.807, 2.05) is 18.2 Å². The fourth-order valence-corrected chi connectivity index (χ4v) is 2.51. The van der Waals surface area contributed by atoms with E-state index in [-0.39, 0.29) is 6.42 Å². The van der Waals surface area contributed by atoms with Crippen LogP contribution in [0.5, 0.6) is 0 Å². The zero-order valence-corrected chi connectivity index (χ0v) is 12.2. The van der Waals surface area contributed by atoms with E-state index in [0.29, 0.717) is 22.0 Å². The maximum Gasteiger partial charge on any atom is 0.0718 e. The van der Waals surface area contributed by atoms with Gasteiger partial charge in [0.1, 0.15) is 0 Å². The third kappa shape index (κ3) is 3.49. The van der Waals surface area contributed by atoms with Gasteiger partial charge in [0.2, 0.25) is 0 Å². The van der Waals surface area contributed by atoms with Gasteiger partial charge >= 0.3 is 0 Å². The Morgan fingerprint density at radius 3 is 2.63 bits per heavy atom. The van der Waals surface area contributed by atoms with Crippen LogP contribution in [0.1, 0.15) is 5.56 Å². The first kappa shape index (κ1) is 13.9. The highest BCUT2D eigenvalue weighted by Gasteiger charge is 2.08. The molecular formula is C14H10BrClNO2-. The Morgan fingerprint density at radius 2 is 1.95 bits per heavy atom. The van der Waals surface area contributed by atoms with Crippen LogP contribution in [0.2, 0.25) is 5.02 Å². The lowest BCUT2D eigenvalue weighted by molar-refractivity contribution is -0.304. The van der Waals surface area contributed by atoms with Gasteiger partial charge in [-0.1, -0.05) is 35.9 Å². The summed E-state index contributed by atoms with van der Waals surface area (Å²) in [6.45, 7) is 0. The monoisotopic (exact) mass is 338 g/mol. The summed E-state index contributed by atoms with van der Waals surface area (Å²) in [5, 5.41) is 14.4. The Hall–Kier alpha value is -1.52. The van der Waals surface area contributed by atoms with Gasteiger partial charge in [-0.2, -0.15) is 0 Å². The van der Waals surface area contributed by atoms with E-state index >= 15 is 0 Å². The Kier molecular flexibility index (Phi) is 4.45. The van der Waals surface area contributed by atoms with Gasteiger partial charge in [-0.25, -0.2) is 0 Å². The molecule has 3 nitrogen and oxygen atoms in total. The highest BCUT2D eigenvalue weighted by molar-refractivity contribution is 9.10. The van der Waals surface area contributed by atoms with Gasteiger partial charge in [0.05, 0.1) is 10.7 Å². The molecule has 0 radical (unpaired) electrons. The molecular weight excluding hydrogens is 330 g/mol. The molecule has 0 amide bonds. The lowest BCUT2D eigenvalue weighted by Crippen LogP contribution is -2.24. The maximum absolute atomic E-state index is 10.7. The van der Waals surface area contributed by atoms with Crippen LogP contribution in [-0.4, -0.2) is 5.97 Å².